The van der Waals surface area contributed by atoms with E-state index < -0.39 is 51.6 Å². The van der Waals surface area contributed by atoms with E-state index in [9.17, 15) is 18.7 Å². The lowest BCUT2D eigenvalue weighted by Gasteiger charge is -2.19. The van der Waals surface area contributed by atoms with E-state index in [2.05, 4.69) is 15.1 Å². The summed E-state index contributed by atoms with van der Waals surface area (Å²) in [5.74, 6) is -3.85. The second kappa shape index (κ2) is 10.3. The van der Waals surface area contributed by atoms with Gasteiger partial charge in [-0.15, -0.1) is 0 Å². The van der Waals surface area contributed by atoms with Crippen molar-refractivity contribution in [3.05, 3.63) is 104 Å². The van der Waals surface area contributed by atoms with Gasteiger partial charge in [0, 0.05) is 36.6 Å². The van der Waals surface area contributed by atoms with Crippen molar-refractivity contribution in [1.29, 1.82) is 0 Å². The summed E-state index contributed by atoms with van der Waals surface area (Å²) in [6.45, 7) is 0.112. The molecule has 12 heteroatoms. The number of pyridine rings is 3. The van der Waals surface area contributed by atoms with Crippen molar-refractivity contribution in [3.63, 3.8) is 0 Å². The first-order valence-corrected chi connectivity index (χ1v) is 12.2. The predicted octanol–water partition coefficient (Wildman–Crippen LogP) is 4.74. The molecule has 0 atom stereocenters. The van der Waals surface area contributed by atoms with Crippen LogP contribution in [0.1, 0.15) is 45.7 Å². The Morgan fingerprint density at radius 3 is 2.72 bits per heavy atom. The zero-order valence-corrected chi connectivity index (χ0v) is 21.5. The van der Waals surface area contributed by atoms with Gasteiger partial charge in [0.1, 0.15) is 34.4 Å². The van der Waals surface area contributed by atoms with Crippen LogP contribution in [-0.2, 0) is 25.0 Å². The van der Waals surface area contributed by atoms with Gasteiger partial charge in [-0.3, -0.25) is 14.3 Å². The maximum atomic E-state index is 16.3. The lowest BCUT2D eigenvalue weighted by molar-refractivity contribution is 0.0734. The zero-order chi connectivity index (χ0) is 29.7. The minimum atomic E-state index is -2.94. The summed E-state index contributed by atoms with van der Waals surface area (Å²) in [5, 5.41) is 13.9. The molecule has 1 N–H and O–H groups in total. The van der Waals surface area contributed by atoms with Crippen molar-refractivity contribution in [3.8, 4) is 17.3 Å². The Kier molecular flexibility index (Phi) is 6.37. The summed E-state index contributed by atoms with van der Waals surface area (Å²) >= 11 is 6.35. The van der Waals surface area contributed by atoms with E-state index in [0.29, 0.717) is 30.7 Å². The van der Waals surface area contributed by atoms with Gasteiger partial charge >= 0.3 is 0 Å². The standard InChI is InChI=1S/C27H23ClF3N5O3/c1-27(2,38)21-8-9-35(34-21)25-23(31)24-15(12-33-25)6-4-3-5-7-17-11-20(22(28)26(37)36(17)24)39-14-19-18(30)10-16(29)13-32-19/h3,5,8-13,38H,4,6-7,14H2,1-2H3/b5-3-/i14D2. The topological polar surface area (TPSA) is 95.1 Å². The van der Waals surface area contributed by atoms with Crippen LogP contribution in [0.2, 0.25) is 5.02 Å². The van der Waals surface area contributed by atoms with Gasteiger partial charge in [-0.25, -0.2) is 22.8 Å². The van der Waals surface area contributed by atoms with Crippen LogP contribution >= 0.6 is 11.6 Å². The molecule has 5 rings (SSSR count). The SMILES string of the molecule is [2H]C([2H])(Oc1cc2n(c(=O)c1Cl)-c1c(cnc(-n3ccc(C(C)(C)O)n3)c1F)CC/C=C\C2)c1ncc(F)cc1F. The fourth-order valence-electron chi connectivity index (χ4n) is 4.09. The van der Waals surface area contributed by atoms with Gasteiger partial charge in [0.25, 0.3) is 5.56 Å². The Bertz CT molecular complexity index is 1750. The summed E-state index contributed by atoms with van der Waals surface area (Å²) < 4.78 is 67.8. The molecule has 5 heterocycles. The molecule has 0 fully saturated rings. The molecule has 0 saturated carbocycles. The van der Waals surface area contributed by atoms with E-state index in [-0.39, 0.29) is 29.3 Å². The highest BCUT2D eigenvalue weighted by Gasteiger charge is 2.26. The predicted molar refractivity (Wildman–Crippen MR) is 137 cm³/mol. The molecule has 1 aliphatic heterocycles. The molecule has 39 heavy (non-hydrogen) atoms. The Morgan fingerprint density at radius 1 is 1.21 bits per heavy atom. The summed E-state index contributed by atoms with van der Waals surface area (Å²) in [4.78, 5) is 21.3. The van der Waals surface area contributed by atoms with Gasteiger partial charge in [-0.05, 0) is 38.3 Å². The van der Waals surface area contributed by atoms with Crippen LogP contribution < -0.4 is 10.3 Å². The fourth-order valence-corrected chi connectivity index (χ4v) is 4.27. The van der Waals surface area contributed by atoms with Crippen LogP contribution in [0.25, 0.3) is 11.5 Å². The van der Waals surface area contributed by atoms with Crippen molar-refractivity contribution in [2.24, 2.45) is 0 Å². The number of aryl methyl sites for hydroxylation is 1. The highest BCUT2D eigenvalue weighted by atomic mass is 35.5. The zero-order valence-electron chi connectivity index (χ0n) is 22.8. The number of nitrogens with zero attached hydrogens (tertiary/aromatic N) is 5. The van der Waals surface area contributed by atoms with Crippen LogP contribution in [-0.4, -0.2) is 29.4 Å². The number of hydrogen-bond acceptors (Lipinski definition) is 6. The maximum Gasteiger partial charge on any atom is 0.278 e. The number of aromatic nitrogens is 5. The van der Waals surface area contributed by atoms with E-state index in [1.165, 1.54) is 38.4 Å². The van der Waals surface area contributed by atoms with Gasteiger partial charge in [0.2, 0.25) is 0 Å². The second-order valence-corrected chi connectivity index (χ2v) is 9.71. The molecule has 0 amide bonds. The minimum Gasteiger partial charge on any atom is -0.485 e. The van der Waals surface area contributed by atoms with Crippen LogP contribution in [0.5, 0.6) is 5.75 Å². The summed E-state index contributed by atoms with van der Waals surface area (Å²) in [6, 6.07) is 3.21. The average Bonchev–Trinajstić information content (AvgIpc) is 3.40. The molecule has 0 spiro atoms. The molecule has 4 aromatic rings. The van der Waals surface area contributed by atoms with Crippen LogP contribution in [0, 0.1) is 17.5 Å². The third-order valence-electron chi connectivity index (χ3n) is 6.04. The molecule has 8 nitrogen and oxygen atoms in total. The Labute approximate surface area is 228 Å². The summed E-state index contributed by atoms with van der Waals surface area (Å²) in [5.41, 5.74) is -2.33. The fraction of sp³-hybridized carbons (Fsp3) is 0.259. The number of rotatable bonds is 5. The van der Waals surface area contributed by atoms with E-state index >= 15 is 4.39 Å². The number of ether oxygens (including phenoxy) is 1. The minimum absolute atomic E-state index is 0.107. The molecular formula is C27H23ClF3N5O3. The average molecular weight is 560 g/mol. The summed E-state index contributed by atoms with van der Waals surface area (Å²) in [7, 11) is 0. The van der Waals surface area contributed by atoms with Gasteiger partial charge in [-0.2, -0.15) is 5.10 Å². The Morgan fingerprint density at radius 2 is 2.00 bits per heavy atom. The number of allylic oxidation sites excluding steroid dienone is 2. The highest BCUT2D eigenvalue weighted by molar-refractivity contribution is 6.31. The van der Waals surface area contributed by atoms with Gasteiger partial charge < -0.3 is 9.84 Å². The number of fused-ring (bicyclic) bond motifs is 3. The second-order valence-electron chi connectivity index (χ2n) is 9.33. The largest absolute Gasteiger partial charge is 0.485 e. The first-order chi connectivity index (χ1) is 19.3. The van der Waals surface area contributed by atoms with Gasteiger partial charge in [0.05, 0.1) is 20.3 Å². The Hall–Kier alpha value is -3.96. The quantitative estimate of drug-likeness (QED) is 0.355. The van der Waals surface area contributed by atoms with Crippen LogP contribution in [0.15, 0.2) is 53.7 Å². The number of hydrogen-bond donors (Lipinski definition) is 1. The summed E-state index contributed by atoms with van der Waals surface area (Å²) in [6.07, 6.45) is 8.02. The molecule has 4 aromatic heterocycles. The van der Waals surface area contributed by atoms with Crippen molar-refractivity contribution < 1.29 is 25.8 Å². The maximum absolute atomic E-state index is 16.3. The molecule has 0 saturated heterocycles. The van der Waals surface area contributed by atoms with E-state index in [4.69, 9.17) is 19.1 Å². The smallest absolute Gasteiger partial charge is 0.278 e. The number of aliphatic hydroxyl groups is 1. The molecule has 0 aromatic carbocycles. The molecule has 0 bridgehead atoms. The lowest BCUT2D eigenvalue weighted by Crippen LogP contribution is -2.26. The molecular weight excluding hydrogens is 535 g/mol. The molecule has 202 valence electrons. The van der Waals surface area contributed by atoms with E-state index in [0.717, 1.165) is 9.25 Å². The first kappa shape index (κ1) is 24.1. The normalized spacial score (nSPS) is 15.3. The molecule has 0 unspecified atom stereocenters. The van der Waals surface area contributed by atoms with Crippen LogP contribution in [0.4, 0.5) is 13.2 Å². The monoisotopic (exact) mass is 559 g/mol. The van der Waals surface area contributed by atoms with Crippen molar-refractivity contribution in [2.75, 3.05) is 0 Å². The molecule has 0 radical (unpaired) electrons. The van der Waals surface area contributed by atoms with Crippen molar-refractivity contribution in [2.45, 2.75) is 45.3 Å². The van der Waals surface area contributed by atoms with E-state index in [1.54, 1.807) is 6.08 Å². The van der Waals surface area contributed by atoms with Gasteiger partial charge in [-0.1, -0.05) is 23.8 Å². The third-order valence-corrected chi connectivity index (χ3v) is 6.39. The van der Waals surface area contributed by atoms with Crippen molar-refractivity contribution >= 4 is 11.6 Å². The third kappa shape index (κ3) is 5.19. The highest BCUT2D eigenvalue weighted by Crippen LogP contribution is 2.30. The number of halogens is 4. The molecule has 0 aliphatic carbocycles. The molecule has 1 aliphatic rings. The van der Waals surface area contributed by atoms with E-state index in [1.807, 2.05) is 6.08 Å². The first-order valence-electron chi connectivity index (χ1n) is 12.8. The van der Waals surface area contributed by atoms with Crippen LogP contribution in [0.3, 0.4) is 0 Å². The lowest BCUT2D eigenvalue weighted by atomic mass is 10.1. The van der Waals surface area contributed by atoms with Gasteiger partial charge in [0.15, 0.2) is 17.5 Å². The Balaban J connectivity index is 1.67. The van der Waals surface area contributed by atoms with Crippen molar-refractivity contribution in [1.82, 2.24) is 24.3 Å².